The lowest BCUT2D eigenvalue weighted by molar-refractivity contribution is -0.385. The molecule has 0 atom stereocenters. The van der Waals surface area contributed by atoms with Gasteiger partial charge >= 0.3 is 5.97 Å². The summed E-state index contributed by atoms with van der Waals surface area (Å²) in [5.74, 6) is -1.24. The van der Waals surface area contributed by atoms with Crippen molar-refractivity contribution in [1.82, 2.24) is 0 Å². The smallest absolute Gasteiger partial charge is 0.306 e. The first-order valence-corrected chi connectivity index (χ1v) is 9.94. The van der Waals surface area contributed by atoms with Crippen molar-refractivity contribution in [2.24, 2.45) is 5.14 Å². The van der Waals surface area contributed by atoms with E-state index in [1.165, 1.54) is 49.4 Å². The summed E-state index contributed by atoms with van der Waals surface area (Å²) in [6, 6.07) is 10.0. The molecule has 11 heteroatoms. The fourth-order valence-corrected chi connectivity index (χ4v) is 2.97. The highest BCUT2D eigenvalue weighted by molar-refractivity contribution is 7.89. The molecule has 154 valence electrons. The summed E-state index contributed by atoms with van der Waals surface area (Å²) in [5.41, 5.74) is 1.12. The molecule has 1 amide bonds. The lowest BCUT2D eigenvalue weighted by atomic mass is 10.1. The molecule has 0 unspecified atom stereocenters. The predicted octanol–water partition coefficient (Wildman–Crippen LogP) is 1.67. The Hall–Kier alpha value is -3.31. The number of nitrogens with zero attached hydrogens (tertiary/aromatic N) is 1. The number of nitrogens with two attached hydrogens (primary N) is 1. The normalized spacial score (nSPS) is 11.0. The number of nitrogens with one attached hydrogen (secondary N) is 1. The standard InChI is InChI=1S/C18H19N3O7S/c1-12-15(3-2-4-16(12)21(24)25)20-17(22)11-28-18(23)10-7-13-5-8-14(9-6-13)29(19,26)27/h2-6,8-9H,7,10-11H2,1H3,(H,20,22)(H2,19,26,27). The molecule has 0 saturated carbocycles. The van der Waals surface area contributed by atoms with E-state index < -0.39 is 33.4 Å². The van der Waals surface area contributed by atoms with Gasteiger partial charge in [0.15, 0.2) is 6.61 Å². The Kier molecular flexibility index (Phi) is 7.02. The Morgan fingerprint density at radius 3 is 2.41 bits per heavy atom. The molecular formula is C18H19N3O7S. The molecule has 0 aliphatic carbocycles. The van der Waals surface area contributed by atoms with E-state index in [9.17, 15) is 28.1 Å². The predicted molar refractivity (Wildman–Crippen MR) is 104 cm³/mol. The van der Waals surface area contributed by atoms with Crippen molar-refractivity contribution in [3.8, 4) is 0 Å². The van der Waals surface area contributed by atoms with Crippen LogP contribution < -0.4 is 10.5 Å². The molecule has 0 heterocycles. The fraction of sp³-hybridized carbons (Fsp3) is 0.222. The molecule has 0 saturated heterocycles. The Morgan fingerprint density at radius 1 is 1.17 bits per heavy atom. The van der Waals surface area contributed by atoms with Crippen molar-refractivity contribution in [3.05, 3.63) is 63.7 Å². The molecule has 0 spiro atoms. The average molecular weight is 421 g/mol. The molecule has 10 nitrogen and oxygen atoms in total. The van der Waals surface area contributed by atoms with E-state index in [-0.39, 0.29) is 29.1 Å². The summed E-state index contributed by atoms with van der Waals surface area (Å²) in [6.07, 6.45) is 0.271. The number of ether oxygens (including phenoxy) is 1. The fourth-order valence-electron chi connectivity index (χ4n) is 2.45. The number of rotatable bonds is 8. The molecule has 0 aromatic heterocycles. The van der Waals surface area contributed by atoms with Crippen molar-refractivity contribution in [2.75, 3.05) is 11.9 Å². The first kappa shape index (κ1) is 22.0. The zero-order chi connectivity index (χ0) is 21.6. The van der Waals surface area contributed by atoms with Gasteiger partial charge in [-0.1, -0.05) is 18.2 Å². The lowest BCUT2D eigenvalue weighted by Gasteiger charge is -2.09. The first-order chi connectivity index (χ1) is 13.6. The SMILES string of the molecule is Cc1c(NC(=O)COC(=O)CCc2ccc(S(N)(=O)=O)cc2)cccc1[N+](=O)[O-]. The van der Waals surface area contributed by atoms with Crippen LogP contribution >= 0.6 is 0 Å². The van der Waals surface area contributed by atoms with Crippen LogP contribution in [0.25, 0.3) is 0 Å². The van der Waals surface area contributed by atoms with E-state index in [4.69, 9.17) is 9.88 Å². The summed E-state index contributed by atoms with van der Waals surface area (Å²) in [7, 11) is -3.78. The maximum Gasteiger partial charge on any atom is 0.306 e. The van der Waals surface area contributed by atoms with Crippen LogP contribution in [0.2, 0.25) is 0 Å². The zero-order valence-electron chi connectivity index (χ0n) is 15.5. The Morgan fingerprint density at radius 2 is 1.83 bits per heavy atom. The summed E-state index contributed by atoms with van der Waals surface area (Å²) >= 11 is 0. The molecule has 2 rings (SSSR count). The Bertz CT molecular complexity index is 1030. The molecule has 0 aliphatic rings. The molecule has 29 heavy (non-hydrogen) atoms. The van der Waals surface area contributed by atoms with Crippen molar-refractivity contribution < 1.29 is 27.7 Å². The minimum Gasteiger partial charge on any atom is -0.456 e. The van der Waals surface area contributed by atoms with Gasteiger partial charge in [0.05, 0.1) is 21.1 Å². The molecule has 3 N–H and O–H groups in total. The van der Waals surface area contributed by atoms with Crippen LogP contribution in [0.5, 0.6) is 0 Å². The minimum atomic E-state index is -3.78. The molecule has 0 aliphatic heterocycles. The third-order valence-corrected chi connectivity index (χ3v) is 4.94. The number of nitro groups is 1. The van der Waals surface area contributed by atoms with Gasteiger partial charge in [0.25, 0.3) is 11.6 Å². The topological polar surface area (TPSA) is 159 Å². The zero-order valence-corrected chi connectivity index (χ0v) is 16.3. The molecule has 2 aromatic carbocycles. The van der Waals surface area contributed by atoms with Crippen molar-refractivity contribution >= 4 is 33.3 Å². The van der Waals surface area contributed by atoms with Gasteiger partial charge in [-0.3, -0.25) is 19.7 Å². The maximum atomic E-state index is 11.9. The van der Waals surface area contributed by atoms with Gasteiger partial charge in [0, 0.05) is 12.5 Å². The molecule has 0 fully saturated rings. The molecule has 0 radical (unpaired) electrons. The van der Waals surface area contributed by atoms with Gasteiger partial charge in [0.2, 0.25) is 10.0 Å². The van der Waals surface area contributed by atoms with Crippen LogP contribution in [0.15, 0.2) is 47.4 Å². The number of amides is 1. The van der Waals surface area contributed by atoms with Gasteiger partial charge in [0.1, 0.15) is 0 Å². The number of hydrogen-bond donors (Lipinski definition) is 2. The monoisotopic (exact) mass is 421 g/mol. The minimum absolute atomic E-state index is 0.0160. The van der Waals surface area contributed by atoms with E-state index in [0.29, 0.717) is 11.1 Å². The number of sulfonamides is 1. The second kappa shape index (κ2) is 9.26. The van der Waals surface area contributed by atoms with Crippen LogP contribution in [0.4, 0.5) is 11.4 Å². The van der Waals surface area contributed by atoms with Crippen molar-refractivity contribution in [2.45, 2.75) is 24.7 Å². The summed E-state index contributed by atoms with van der Waals surface area (Å²) in [4.78, 5) is 34.1. The van der Waals surface area contributed by atoms with Crippen LogP contribution in [0.3, 0.4) is 0 Å². The number of benzene rings is 2. The third kappa shape index (κ3) is 6.36. The van der Waals surface area contributed by atoms with E-state index in [1.807, 2.05) is 0 Å². The number of carbonyl (C=O) groups excluding carboxylic acids is 2. The van der Waals surface area contributed by atoms with Gasteiger partial charge in [-0.25, -0.2) is 13.6 Å². The van der Waals surface area contributed by atoms with Crippen LogP contribution in [-0.4, -0.2) is 31.8 Å². The number of aryl methyl sites for hydroxylation is 1. The molecular weight excluding hydrogens is 402 g/mol. The number of anilines is 1. The van der Waals surface area contributed by atoms with Gasteiger partial charge in [-0.15, -0.1) is 0 Å². The lowest BCUT2D eigenvalue weighted by Crippen LogP contribution is -2.21. The van der Waals surface area contributed by atoms with Crippen LogP contribution in [-0.2, 0) is 30.8 Å². The second-order valence-electron chi connectivity index (χ2n) is 6.10. The highest BCUT2D eigenvalue weighted by Crippen LogP contribution is 2.24. The first-order valence-electron chi connectivity index (χ1n) is 8.39. The number of hydrogen-bond acceptors (Lipinski definition) is 7. The number of nitro benzene ring substituents is 1. The summed E-state index contributed by atoms with van der Waals surface area (Å²) in [6.45, 7) is 0.965. The van der Waals surface area contributed by atoms with E-state index in [1.54, 1.807) is 0 Å². The second-order valence-corrected chi connectivity index (χ2v) is 7.67. The summed E-state index contributed by atoms with van der Waals surface area (Å²) < 4.78 is 27.3. The number of carbonyl (C=O) groups is 2. The molecule has 0 bridgehead atoms. The third-order valence-electron chi connectivity index (χ3n) is 4.01. The van der Waals surface area contributed by atoms with Crippen LogP contribution in [0.1, 0.15) is 17.5 Å². The van der Waals surface area contributed by atoms with Gasteiger partial charge < -0.3 is 10.1 Å². The van der Waals surface area contributed by atoms with Gasteiger partial charge in [-0.2, -0.15) is 0 Å². The van der Waals surface area contributed by atoms with Gasteiger partial charge in [-0.05, 0) is 37.1 Å². The number of primary sulfonamides is 1. The van der Waals surface area contributed by atoms with E-state index >= 15 is 0 Å². The Balaban J connectivity index is 1.83. The van der Waals surface area contributed by atoms with Crippen molar-refractivity contribution in [3.63, 3.8) is 0 Å². The highest BCUT2D eigenvalue weighted by Gasteiger charge is 2.15. The van der Waals surface area contributed by atoms with Crippen molar-refractivity contribution in [1.29, 1.82) is 0 Å². The Labute approximate surface area is 166 Å². The maximum absolute atomic E-state index is 11.9. The highest BCUT2D eigenvalue weighted by atomic mass is 32.2. The summed E-state index contributed by atoms with van der Waals surface area (Å²) in [5, 5.41) is 18.4. The number of esters is 1. The van der Waals surface area contributed by atoms with Crippen LogP contribution in [0, 0.1) is 17.0 Å². The van der Waals surface area contributed by atoms with E-state index in [2.05, 4.69) is 5.32 Å². The average Bonchev–Trinajstić information content (AvgIpc) is 2.65. The quantitative estimate of drug-likeness (QED) is 0.372. The molecule has 2 aromatic rings. The van der Waals surface area contributed by atoms with E-state index in [0.717, 1.165) is 0 Å². The largest absolute Gasteiger partial charge is 0.456 e.